The molecule has 0 spiro atoms. The molecule has 4 heteroatoms. The Kier molecular flexibility index (Phi) is 3.28. The van der Waals surface area contributed by atoms with Crippen LogP contribution in [0.1, 0.15) is 5.56 Å². The van der Waals surface area contributed by atoms with Crippen molar-refractivity contribution in [2.45, 2.75) is 6.54 Å². The first kappa shape index (κ1) is 12.1. The number of nitrogen functional groups attached to an aromatic ring is 1. The number of rotatable bonds is 3. The summed E-state index contributed by atoms with van der Waals surface area (Å²) in [4.78, 5) is 1.99. The highest BCUT2D eigenvalue weighted by Gasteiger charge is 2.04. The molecule has 4 N–H and O–H groups in total. The topological polar surface area (TPSA) is 69.7 Å². The fourth-order valence-corrected chi connectivity index (χ4v) is 1.80. The fourth-order valence-electron chi connectivity index (χ4n) is 1.80. The van der Waals surface area contributed by atoms with Crippen molar-refractivity contribution >= 4 is 11.4 Å². The van der Waals surface area contributed by atoms with Crippen molar-refractivity contribution in [3.05, 3.63) is 48.0 Å². The van der Waals surface area contributed by atoms with Crippen LogP contribution >= 0.6 is 0 Å². The quantitative estimate of drug-likeness (QED) is 0.572. The molecule has 18 heavy (non-hydrogen) atoms. The van der Waals surface area contributed by atoms with E-state index in [1.165, 1.54) is 0 Å². The van der Waals surface area contributed by atoms with Crippen molar-refractivity contribution in [3.63, 3.8) is 0 Å². The van der Waals surface area contributed by atoms with E-state index in [0.29, 0.717) is 12.2 Å². The number of hydrogen-bond acceptors (Lipinski definition) is 4. The molecule has 0 radical (unpaired) electrons. The van der Waals surface area contributed by atoms with Crippen molar-refractivity contribution in [1.29, 1.82) is 0 Å². The Morgan fingerprint density at radius 3 is 2.56 bits per heavy atom. The van der Waals surface area contributed by atoms with E-state index in [0.717, 1.165) is 11.3 Å². The predicted molar refractivity (Wildman–Crippen MR) is 72.7 cm³/mol. The number of aromatic hydroxyl groups is 2. The van der Waals surface area contributed by atoms with Crippen LogP contribution in [0.5, 0.6) is 11.5 Å². The summed E-state index contributed by atoms with van der Waals surface area (Å²) in [5.41, 5.74) is 7.94. The van der Waals surface area contributed by atoms with Gasteiger partial charge in [-0.3, -0.25) is 0 Å². The van der Waals surface area contributed by atoms with Crippen molar-refractivity contribution in [2.24, 2.45) is 0 Å². The standard InChI is InChI=1S/C14H16N2O2/c1-16(11-3-2-4-12(17)8-11)9-10-5-6-14(18)13(15)7-10/h2-8,17-18H,9,15H2,1H3. The molecule has 0 heterocycles. The minimum absolute atomic E-state index is 0.0961. The van der Waals surface area contributed by atoms with Gasteiger partial charge >= 0.3 is 0 Å². The molecule has 0 saturated heterocycles. The molecular formula is C14H16N2O2. The van der Waals surface area contributed by atoms with Crippen LogP contribution in [0.25, 0.3) is 0 Å². The van der Waals surface area contributed by atoms with Gasteiger partial charge in [0.1, 0.15) is 11.5 Å². The fraction of sp³-hybridized carbons (Fsp3) is 0.143. The lowest BCUT2D eigenvalue weighted by Gasteiger charge is -2.19. The molecule has 2 aromatic rings. The van der Waals surface area contributed by atoms with Crippen molar-refractivity contribution in [1.82, 2.24) is 0 Å². The lowest BCUT2D eigenvalue weighted by atomic mass is 10.1. The van der Waals surface area contributed by atoms with E-state index in [9.17, 15) is 10.2 Å². The molecule has 0 saturated carbocycles. The highest BCUT2D eigenvalue weighted by Crippen LogP contribution is 2.24. The molecular weight excluding hydrogens is 228 g/mol. The molecule has 0 aliphatic rings. The van der Waals surface area contributed by atoms with Crippen LogP contribution in [0.2, 0.25) is 0 Å². The van der Waals surface area contributed by atoms with Crippen LogP contribution in [0.4, 0.5) is 11.4 Å². The number of phenolic OH excluding ortho intramolecular Hbond substituents is 2. The second-order valence-corrected chi connectivity index (χ2v) is 4.27. The number of nitrogens with two attached hydrogens (primary N) is 1. The Morgan fingerprint density at radius 1 is 1.11 bits per heavy atom. The van der Waals surface area contributed by atoms with Gasteiger partial charge in [-0.05, 0) is 29.8 Å². The van der Waals surface area contributed by atoms with Crippen LogP contribution in [0, 0.1) is 0 Å². The maximum atomic E-state index is 9.43. The zero-order valence-corrected chi connectivity index (χ0v) is 10.2. The van der Waals surface area contributed by atoms with E-state index >= 15 is 0 Å². The van der Waals surface area contributed by atoms with Crippen molar-refractivity contribution in [3.8, 4) is 11.5 Å². The van der Waals surface area contributed by atoms with E-state index in [1.54, 1.807) is 30.3 Å². The van der Waals surface area contributed by atoms with E-state index < -0.39 is 0 Å². The number of hydrogen-bond donors (Lipinski definition) is 3. The van der Waals surface area contributed by atoms with Gasteiger partial charge < -0.3 is 20.8 Å². The molecule has 0 aliphatic heterocycles. The molecule has 0 bridgehead atoms. The molecule has 0 amide bonds. The molecule has 2 aromatic carbocycles. The molecule has 0 aliphatic carbocycles. The molecule has 4 nitrogen and oxygen atoms in total. The molecule has 0 unspecified atom stereocenters. The first-order chi connectivity index (χ1) is 8.56. The molecule has 0 fully saturated rings. The molecule has 94 valence electrons. The number of benzene rings is 2. The van der Waals surface area contributed by atoms with E-state index in [-0.39, 0.29) is 11.5 Å². The van der Waals surface area contributed by atoms with E-state index in [2.05, 4.69) is 0 Å². The monoisotopic (exact) mass is 244 g/mol. The minimum atomic E-state index is 0.0961. The number of nitrogens with zero attached hydrogens (tertiary/aromatic N) is 1. The van der Waals surface area contributed by atoms with Gasteiger partial charge in [0.25, 0.3) is 0 Å². The highest BCUT2D eigenvalue weighted by atomic mass is 16.3. The first-order valence-electron chi connectivity index (χ1n) is 5.64. The van der Waals surface area contributed by atoms with Gasteiger partial charge in [0, 0.05) is 25.3 Å². The third kappa shape index (κ3) is 2.66. The predicted octanol–water partition coefficient (Wildman–Crippen LogP) is 2.32. The summed E-state index contributed by atoms with van der Waals surface area (Å²) in [5, 5.41) is 18.8. The van der Waals surface area contributed by atoms with Gasteiger partial charge in [0.2, 0.25) is 0 Å². The third-order valence-electron chi connectivity index (χ3n) is 2.78. The van der Waals surface area contributed by atoms with Gasteiger partial charge in [-0.25, -0.2) is 0 Å². The lowest BCUT2D eigenvalue weighted by molar-refractivity contribution is 0.475. The van der Waals surface area contributed by atoms with E-state index in [4.69, 9.17) is 5.73 Å². The maximum Gasteiger partial charge on any atom is 0.138 e. The van der Waals surface area contributed by atoms with Gasteiger partial charge in [-0.1, -0.05) is 12.1 Å². The van der Waals surface area contributed by atoms with Gasteiger partial charge in [0.05, 0.1) is 5.69 Å². The average molecular weight is 244 g/mol. The Morgan fingerprint density at radius 2 is 1.89 bits per heavy atom. The summed E-state index contributed by atoms with van der Waals surface area (Å²) >= 11 is 0. The highest BCUT2D eigenvalue weighted by molar-refractivity contribution is 5.55. The van der Waals surface area contributed by atoms with Crippen molar-refractivity contribution < 1.29 is 10.2 Å². The summed E-state index contributed by atoms with van der Waals surface area (Å²) in [6.07, 6.45) is 0. The SMILES string of the molecule is CN(Cc1ccc(O)c(N)c1)c1cccc(O)c1. The molecule has 0 aromatic heterocycles. The van der Waals surface area contributed by atoms with E-state index in [1.807, 2.05) is 24.1 Å². The van der Waals surface area contributed by atoms with Gasteiger partial charge in [-0.2, -0.15) is 0 Å². The number of anilines is 2. The summed E-state index contributed by atoms with van der Waals surface area (Å²) in [5.74, 6) is 0.336. The van der Waals surface area contributed by atoms with Crippen molar-refractivity contribution in [2.75, 3.05) is 17.7 Å². The first-order valence-corrected chi connectivity index (χ1v) is 5.64. The second-order valence-electron chi connectivity index (χ2n) is 4.27. The molecule has 0 atom stereocenters. The second kappa shape index (κ2) is 4.87. The van der Waals surface area contributed by atoms with Gasteiger partial charge in [0.15, 0.2) is 0 Å². The summed E-state index contributed by atoms with van der Waals surface area (Å²) in [6, 6.07) is 12.2. The Bertz CT molecular complexity index is 555. The van der Waals surface area contributed by atoms with Crippen LogP contribution in [0.15, 0.2) is 42.5 Å². The zero-order chi connectivity index (χ0) is 13.1. The third-order valence-corrected chi connectivity index (χ3v) is 2.78. The smallest absolute Gasteiger partial charge is 0.138 e. The number of phenols is 2. The van der Waals surface area contributed by atoms with Gasteiger partial charge in [-0.15, -0.1) is 0 Å². The molecule has 2 rings (SSSR count). The Balaban J connectivity index is 2.16. The Hall–Kier alpha value is -2.36. The van der Waals surface area contributed by atoms with Crippen LogP contribution in [-0.2, 0) is 6.54 Å². The maximum absolute atomic E-state index is 9.43. The summed E-state index contributed by atoms with van der Waals surface area (Å²) in [6.45, 7) is 0.647. The largest absolute Gasteiger partial charge is 0.508 e. The summed E-state index contributed by atoms with van der Waals surface area (Å²) < 4.78 is 0. The lowest BCUT2D eigenvalue weighted by Crippen LogP contribution is -2.16. The van der Waals surface area contributed by atoms with Crippen LogP contribution in [-0.4, -0.2) is 17.3 Å². The zero-order valence-electron chi connectivity index (χ0n) is 10.2. The normalized spacial score (nSPS) is 10.3. The van der Waals surface area contributed by atoms with Crippen LogP contribution in [0.3, 0.4) is 0 Å². The Labute approximate surface area is 106 Å². The summed E-state index contributed by atoms with van der Waals surface area (Å²) in [7, 11) is 1.93. The average Bonchev–Trinajstić information content (AvgIpc) is 2.34. The van der Waals surface area contributed by atoms with Crippen LogP contribution < -0.4 is 10.6 Å². The minimum Gasteiger partial charge on any atom is -0.508 e.